The summed E-state index contributed by atoms with van der Waals surface area (Å²) < 4.78 is 11.0. The van der Waals surface area contributed by atoms with Gasteiger partial charge in [0.25, 0.3) is 5.91 Å². The molecule has 0 spiro atoms. The molecule has 0 saturated heterocycles. The molecule has 1 aliphatic rings. The third kappa shape index (κ3) is 4.29. The summed E-state index contributed by atoms with van der Waals surface area (Å²) in [6, 6.07) is 11.1. The van der Waals surface area contributed by atoms with Gasteiger partial charge in [-0.25, -0.2) is 4.79 Å². The number of carboxylic acid groups (broad SMARTS) is 1. The molecule has 1 saturated carbocycles. The minimum atomic E-state index is -1.05. The molecule has 1 amide bonds. The van der Waals surface area contributed by atoms with Crippen molar-refractivity contribution in [2.24, 2.45) is 5.92 Å². The zero-order chi connectivity index (χ0) is 17.8. The van der Waals surface area contributed by atoms with Crippen molar-refractivity contribution >= 4 is 17.6 Å². The molecule has 3 rings (SSSR count). The van der Waals surface area contributed by atoms with Crippen LogP contribution in [0.15, 0.2) is 42.5 Å². The summed E-state index contributed by atoms with van der Waals surface area (Å²) in [5, 5.41) is 11.8. The Bertz CT molecular complexity index is 798. The van der Waals surface area contributed by atoms with Crippen molar-refractivity contribution < 1.29 is 24.2 Å². The summed E-state index contributed by atoms with van der Waals surface area (Å²) in [7, 11) is 1.55. The first-order valence-electron chi connectivity index (χ1n) is 8.02. The Morgan fingerprint density at radius 1 is 1.20 bits per heavy atom. The molecule has 0 radical (unpaired) electrons. The minimum absolute atomic E-state index is 0.109. The lowest BCUT2D eigenvalue weighted by molar-refractivity contribution is 0.0696. The predicted molar refractivity (Wildman–Crippen MR) is 92.6 cm³/mol. The van der Waals surface area contributed by atoms with Crippen LogP contribution < -0.4 is 14.8 Å². The Morgan fingerprint density at radius 3 is 2.68 bits per heavy atom. The fourth-order valence-corrected chi connectivity index (χ4v) is 2.36. The highest BCUT2D eigenvalue weighted by Crippen LogP contribution is 2.32. The molecular formula is C19H19NO5. The van der Waals surface area contributed by atoms with Crippen LogP contribution in [0.25, 0.3) is 0 Å². The summed E-state index contributed by atoms with van der Waals surface area (Å²) in [6.07, 6.45) is 2.29. The SMILES string of the molecule is COc1ccc(C(=O)Nc2cccc(C(=O)O)c2)c(OCC2CC2)c1. The third-order valence-corrected chi connectivity index (χ3v) is 3.97. The average molecular weight is 341 g/mol. The molecular weight excluding hydrogens is 322 g/mol. The molecule has 0 unspecified atom stereocenters. The molecule has 25 heavy (non-hydrogen) atoms. The van der Waals surface area contributed by atoms with Gasteiger partial charge in [0.05, 0.1) is 24.8 Å². The van der Waals surface area contributed by atoms with Crippen LogP contribution in [0.1, 0.15) is 33.6 Å². The fraction of sp³-hybridized carbons (Fsp3) is 0.263. The third-order valence-electron chi connectivity index (χ3n) is 3.97. The maximum Gasteiger partial charge on any atom is 0.335 e. The zero-order valence-corrected chi connectivity index (χ0v) is 13.8. The van der Waals surface area contributed by atoms with E-state index in [2.05, 4.69) is 5.32 Å². The van der Waals surface area contributed by atoms with E-state index >= 15 is 0 Å². The number of carboxylic acids is 1. The molecule has 0 heterocycles. The second kappa shape index (κ2) is 7.25. The van der Waals surface area contributed by atoms with E-state index in [9.17, 15) is 9.59 Å². The molecule has 1 aliphatic carbocycles. The Balaban J connectivity index is 1.80. The second-order valence-corrected chi connectivity index (χ2v) is 5.96. The first kappa shape index (κ1) is 16.8. The van der Waals surface area contributed by atoms with Crippen molar-refractivity contribution in [2.45, 2.75) is 12.8 Å². The highest BCUT2D eigenvalue weighted by molar-refractivity contribution is 6.06. The number of anilines is 1. The number of aromatic carboxylic acids is 1. The Kier molecular flexibility index (Phi) is 4.88. The van der Waals surface area contributed by atoms with Crippen molar-refractivity contribution in [3.63, 3.8) is 0 Å². The highest BCUT2D eigenvalue weighted by atomic mass is 16.5. The first-order valence-corrected chi connectivity index (χ1v) is 8.02. The molecule has 6 heteroatoms. The summed E-state index contributed by atoms with van der Waals surface area (Å²) in [6.45, 7) is 0.571. The number of carbonyl (C=O) groups excluding carboxylic acids is 1. The number of benzene rings is 2. The number of carbonyl (C=O) groups is 2. The largest absolute Gasteiger partial charge is 0.497 e. The van der Waals surface area contributed by atoms with Gasteiger partial charge in [-0.1, -0.05) is 6.07 Å². The second-order valence-electron chi connectivity index (χ2n) is 5.96. The molecule has 2 aromatic carbocycles. The molecule has 0 aliphatic heterocycles. The van der Waals surface area contributed by atoms with Crippen molar-refractivity contribution in [1.82, 2.24) is 0 Å². The topological polar surface area (TPSA) is 84.9 Å². The van der Waals surface area contributed by atoms with E-state index in [4.69, 9.17) is 14.6 Å². The Hall–Kier alpha value is -3.02. The maximum absolute atomic E-state index is 12.6. The van der Waals surface area contributed by atoms with E-state index in [0.29, 0.717) is 35.3 Å². The van der Waals surface area contributed by atoms with Crippen molar-refractivity contribution in [2.75, 3.05) is 19.0 Å². The van der Waals surface area contributed by atoms with Gasteiger partial charge in [-0.3, -0.25) is 4.79 Å². The summed E-state index contributed by atoms with van der Waals surface area (Å²) in [4.78, 5) is 23.6. The molecule has 130 valence electrons. The van der Waals surface area contributed by atoms with Gasteiger partial charge in [0.2, 0.25) is 0 Å². The predicted octanol–water partition coefficient (Wildman–Crippen LogP) is 3.43. The van der Waals surface area contributed by atoms with E-state index in [1.54, 1.807) is 37.4 Å². The van der Waals surface area contributed by atoms with E-state index < -0.39 is 5.97 Å². The number of nitrogens with one attached hydrogen (secondary N) is 1. The summed E-state index contributed by atoms with van der Waals surface area (Å²) in [5.41, 5.74) is 0.897. The van der Waals surface area contributed by atoms with Crippen molar-refractivity contribution in [3.05, 3.63) is 53.6 Å². The van der Waals surface area contributed by atoms with Crippen molar-refractivity contribution in [3.8, 4) is 11.5 Å². The molecule has 2 N–H and O–H groups in total. The van der Waals surface area contributed by atoms with Gasteiger partial charge in [0.15, 0.2) is 0 Å². The summed E-state index contributed by atoms with van der Waals surface area (Å²) >= 11 is 0. The van der Waals surface area contributed by atoms with E-state index in [1.165, 1.54) is 12.1 Å². The van der Waals surface area contributed by atoms with E-state index in [0.717, 1.165) is 12.8 Å². The van der Waals surface area contributed by atoms with Gasteiger partial charge in [-0.2, -0.15) is 0 Å². The van der Waals surface area contributed by atoms with Crippen LogP contribution in [0.5, 0.6) is 11.5 Å². The molecule has 6 nitrogen and oxygen atoms in total. The Labute approximate surface area is 145 Å². The average Bonchev–Trinajstić information content (AvgIpc) is 3.44. The lowest BCUT2D eigenvalue weighted by Gasteiger charge is -2.13. The standard InChI is InChI=1S/C19H19NO5/c1-24-15-7-8-16(17(10-15)25-11-12-5-6-12)18(21)20-14-4-2-3-13(9-14)19(22)23/h2-4,7-10,12H,5-6,11H2,1H3,(H,20,21)(H,22,23). The molecule has 1 fully saturated rings. The number of ether oxygens (including phenoxy) is 2. The highest BCUT2D eigenvalue weighted by Gasteiger charge is 2.23. The monoisotopic (exact) mass is 341 g/mol. The first-order chi connectivity index (χ1) is 12.1. The number of rotatable bonds is 7. The minimum Gasteiger partial charge on any atom is -0.497 e. The molecule has 0 aromatic heterocycles. The van der Waals surface area contributed by atoms with Crippen LogP contribution in [0, 0.1) is 5.92 Å². The normalized spacial score (nSPS) is 13.2. The molecule has 0 bridgehead atoms. The quantitative estimate of drug-likeness (QED) is 0.806. The fourth-order valence-electron chi connectivity index (χ4n) is 2.36. The zero-order valence-electron chi connectivity index (χ0n) is 13.8. The van der Waals surface area contributed by atoms with Gasteiger partial charge in [0.1, 0.15) is 11.5 Å². The van der Waals surface area contributed by atoms with Crippen molar-refractivity contribution in [1.29, 1.82) is 0 Å². The van der Waals surface area contributed by atoms with Crippen LogP contribution in [0.4, 0.5) is 5.69 Å². The van der Waals surface area contributed by atoms with Gasteiger partial charge in [-0.15, -0.1) is 0 Å². The number of hydrogen-bond acceptors (Lipinski definition) is 4. The summed E-state index contributed by atoms with van der Waals surface area (Å²) in [5.74, 6) is 0.202. The van der Waals surface area contributed by atoms with Gasteiger partial charge >= 0.3 is 5.97 Å². The lowest BCUT2D eigenvalue weighted by atomic mass is 10.1. The molecule has 0 atom stereocenters. The smallest absolute Gasteiger partial charge is 0.335 e. The number of hydrogen-bond donors (Lipinski definition) is 2. The number of methoxy groups -OCH3 is 1. The van der Waals surface area contributed by atoms with Gasteiger partial charge in [0, 0.05) is 11.8 Å². The van der Waals surface area contributed by atoms with E-state index in [-0.39, 0.29) is 11.5 Å². The van der Waals surface area contributed by atoms with Gasteiger partial charge in [-0.05, 0) is 49.1 Å². The van der Waals surface area contributed by atoms with Crippen LogP contribution in [-0.2, 0) is 0 Å². The van der Waals surface area contributed by atoms with Crippen LogP contribution >= 0.6 is 0 Å². The molecule has 2 aromatic rings. The van der Waals surface area contributed by atoms with Crippen LogP contribution in [0.2, 0.25) is 0 Å². The van der Waals surface area contributed by atoms with Crippen LogP contribution in [0.3, 0.4) is 0 Å². The van der Waals surface area contributed by atoms with Crippen LogP contribution in [-0.4, -0.2) is 30.7 Å². The maximum atomic E-state index is 12.6. The van der Waals surface area contributed by atoms with Gasteiger partial charge < -0.3 is 19.9 Å². The lowest BCUT2D eigenvalue weighted by Crippen LogP contribution is -2.15. The number of amides is 1. The Morgan fingerprint density at radius 2 is 2.00 bits per heavy atom. The van der Waals surface area contributed by atoms with E-state index in [1.807, 2.05) is 0 Å².